The molecule has 19 rings (SSSR count). The molecule has 0 saturated carbocycles. The summed E-state index contributed by atoms with van der Waals surface area (Å²) in [4.78, 5) is 32.0. The summed E-state index contributed by atoms with van der Waals surface area (Å²) in [6.45, 7) is -0.00931. The van der Waals surface area contributed by atoms with Gasteiger partial charge in [0.2, 0.25) is 0 Å². The zero-order chi connectivity index (χ0) is 62.5. The second-order valence-electron chi connectivity index (χ2n) is 24.3. The quantitative estimate of drug-likeness (QED) is 0.126. The van der Waals surface area contributed by atoms with E-state index in [1.807, 2.05) is 47.7 Å². The largest absolute Gasteiger partial charge is 0.311 e. The van der Waals surface area contributed by atoms with Gasteiger partial charge in [0.25, 0.3) is 6.71 Å². The van der Waals surface area contributed by atoms with Crippen molar-refractivity contribution in [2.24, 2.45) is 0 Å². The van der Waals surface area contributed by atoms with E-state index >= 15 is 0 Å². The van der Waals surface area contributed by atoms with Crippen molar-refractivity contribution in [1.29, 1.82) is 0 Å². The Morgan fingerprint density at radius 1 is 0.284 bits per heavy atom. The minimum absolute atomic E-state index is 0.00931. The van der Waals surface area contributed by atoms with E-state index in [4.69, 9.17) is 24.9 Å². The highest BCUT2D eigenvalue weighted by molar-refractivity contribution is 7.26. The molecule has 0 bridgehead atoms. The summed E-state index contributed by atoms with van der Waals surface area (Å²) < 4.78 is 4.95. The van der Waals surface area contributed by atoms with E-state index in [9.17, 15) is 0 Å². The summed E-state index contributed by atoms with van der Waals surface area (Å²) in [5.41, 5.74) is 22.7. The second kappa shape index (κ2) is 22.2. The molecule has 0 unspecified atom stereocenters. The van der Waals surface area contributed by atoms with Crippen molar-refractivity contribution >= 4 is 111 Å². The molecule has 17 aromatic rings. The van der Waals surface area contributed by atoms with Gasteiger partial charge in [0, 0.05) is 98.4 Å². The molecule has 6 heterocycles. The van der Waals surface area contributed by atoms with Crippen LogP contribution < -0.4 is 26.2 Å². The van der Waals surface area contributed by atoms with Crippen LogP contribution >= 0.6 is 11.3 Å². The molecule has 13 aromatic carbocycles. The Morgan fingerprint density at radius 2 is 0.779 bits per heavy atom. The van der Waals surface area contributed by atoms with Crippen molar-refractivity contribution in [3.05, 3.63) is 322 Å². The zero-order valence-electron chi connectivity index (χ0n) is 51.2. The Morgan fingerprint density at radius 3 is 1.42 bits per heavy atom. The maximum Gasteiger partial charge on any atom is 0.252 e. The Kier molecular flexibility index (Phi) is 12.7. The molecule has 0 aliphatic carbocycles. The van der Waals surface area contributed by atoms with Crippen LogP contribution in [0.25, 0.3) is 127 Å². The van der Waals surface area contributed by atoms with Crippen molar-refractivity contribution in [2.75, 3.05) is 9.80 Å². The van der Waals surface area contributed by atoms with Crippen molar-refractivity contribution < 1.29 is 0 Å². The zero-order valence-corrected chi connectivity index (χ0v) is 52.0. The van der Waals surface area contributed by atoms with E-state index in [1.54, 1.807) is 0 Å². The van der Waals surface area contributed by atoms with E-state index in [0.29, 0.717) is 23.3 Å². The van der Waals surface area contributed by atoms with Gasteiger partial charge in [-0.05, 0) is 125 Å². The molecule has 0 atom stereocenters. The molecule has 0 spiro atoms. The lowest BCUT2D eigenvalue weighted by Crippen LogP contribution is -2.61. The number of benzene rings is 13. The molecule has 0 N–H and O–H groups in total. The highest BCUT2D eigenvalue weighted by Crippen LogP contribution is 2.48. The van der Waals surface area contributed by atoms with Gasteiger partial charge in [0.15, 0.2) is 23.3 Å². The number of hydrogen-bond donors (Lipinski definition) is 0. The van der Waals surface area contributed by atoms with E-state index in [-0.39, 0.29) is 6.71 Å². The molecule has 4 aromatic heterocycles. The average Bonchev–Trinajstić information content (AvgIpc) is 1.66. The third-order valence-corrected chi connectivity index (χ3v) is 20.0. The molecular formula is C85H53BN8S. The summed E-state index contributed by atoms with van der Waals surface area (Å²) in [6.07, 6.45) is 0. The minimum Gasteiger partial charge on any atom is -0.311 e. The third kappa shape index (κ3) is 9.02. The fraction of sp³-hybridized carbons (Fsp3) is 0. The maximum absolute atomic E-state index is 5.79. The number of rotatable bonds is 10. The molecular weight excluding hydrogens is 1180 g/mol. The number of para-hydroxylation sites is 5. The molecule has 2 aliphatic rings. The Balaban J connectivity index is 0.847. The molecule has 0 fully saturated rings. The smallest absolute Gasteiger partial charge is 0.252 e. The summed E-state index contributed by atoms with van der Waals surface area (Å²) in [5.74, 6) is 2.31. The highest BCUT2D eigenvalue weighted by atomic mass is 32.1. The van der Waals surface area contributed by atoms with Gasteiger partial charge in [-0.25, -0.2) is 24.9 Å². The fourth-order valence-corrected chi connectivity index (χ4v) is 15.8. The van der Waals surface area contributed by atoms with Crippen LogP contribution in [0.4, 0.5) is 34.1 Å². The summed E-state index contributed by atoms with van der Waals surface area (Å²) in [7, 11) is 0. The van der Waals surface area contributed by atoms with Crippen LogP contribution in [-0.4, -0.2) is 36.2 Å². The molecule has 0 radical (unpaired) electrons. The van der Waals surface area contributed by atoms with Gasteiger partial charge in [0.05, 0.1) is 28.1 Å². The number of fused-ring (bicyclic) bond motifs is 11. The van der Waals surface area contributed by atoms with E-state index in [2.05, 4.69) is 299 Å². The maximum atomic E-state index is 5.79. The van der Waals surface area contributed by atoms with E-state index in [0.717, 1.165) is 107 Å². The number of hydrogen-bond acceptors (Lipinski definition) is 8. The Bertz CT molecular complexity index is 5710. The van der Waals surface area contributed by atoms with E-state index < -0.39 is 0 Å². The van der Waals surface area contributed by atoms with Gasteiger partial charge in [-0.1, -0.05) is 224 Å². The average molecular weight is 1230 g/mol. The van der Waals surface area contributed by atoms with Crippen LogP contribution in [0.3, 0.4) is 0 Å². The van der Waals surface area contributed by atoms with Crippen LogP contribution in [0.5, 0.6) is 0 Å². The molecule has 0 saturated heterocycles. The van der Waals surface area contributed by atoms with Gasteiger partial charge in [0.1, 0.15) is 0 Å². The highest BCUT2D eigenvalue weighted by Gasteiger charge is 2.43. The number of aromatic nitrogens is 6. The van der Waals surface area contributed by atoms with Crippen LogP contribution in [0.15, 0.2) is 322 Å². The summed E-state index contributed by atoms with van der Waals surface area (Å²) >= 11 is 1.86. The van der Waals surface area contributed by atoms with Gasteiger partial charge in [-0.2, -0.15) is 0 Å². The number of thiophene rings is 1. The molecule has 10 heteroatoms. The van der Waals surface area contributed by atoms with Gasteiger partial charge in [-0.15, -0.1) is 11.3 Å². The normalized spacial score (nSPS) is 12.4. The van der Waals surface area contributed by atoms with Crippen LogP contribution in [-0.2, 0) is 0 Å². The second-order valence-corrected chi connectivity index (χ2v) is 25.3. The lowest BCUT2D eigenvalue weighted by Gasteiger charge is -2.44. The predicted molar refractivity (Wildman–Crippen MR) is 395 cm³/mol. The SMILES string of the molecule is c1ccc(-c2cc(-c3cc(-c4nc(-c5ccccc5)nc(-c5ccccc5)n4)ccc3-n3c4ccccc4c4c5sc6ccccc6c5ccc43)nc(-c3cccc(-c4cc5c6c(c4)N(c4ccccc4)c4ccccc4B6c4ccccc4N5c4ccccc4)c3)n2)cc1. The first-order valence-corrected chi connectivity index (χ1v) is 32.9. The predicted octanol–water partition coefficient (Wildman–Crippen LogP) is 19.9. The van der Waals surface area contributed by atoms with Crippen molar-refractivity contribution in [1.82, 2.24) is 29.5 Å². The fourth-order valence-electron chi connectivity index (χ4n) is 14.6. The van der Waals surface area contributed by atoms with Crippen LogP contribution in [0.1, 0.15) is 0 Å². The molecule has 0 amide bonds. The van der Waals surface area contributed by atoms with E-state index in [1.165, 1.54) is 47.3 Å². The minimum atomic E-state index is -0.00931. The third-order valence-electron chi connectivity index (χ3n) is 18.8. The number of anilines is 6. The van der Waals surface area contributed by atoms with Crippen LogP contribution in [0.2, 0.25) is 0 Å². The standard InChI is InChI=1S/C85H53BN8S/c1-6-25-54(26-7-1)69-53-70(88-84(87-69)58-32-24-31-57(49-58)60-51-76-80-77(52-60)93(62-35-14-5-15-36-62)74-43-22-19-40-68(74)86(80)67-39-18-21-42-73(67)92(76)61-33-12-4-13-34-61)66-50-59(85-90-82(55-27-8-2-9-28-55)89-83(91-85)56-29-10-3-11-30-56)45-47-72(66)94-71-41-20-16-38-65(71)79-75(94)48-46-64-63-37-17-23-44-78(63)95-81(64)79/h1-53H. The molecule has 2 aliphatic heterocycles. The lowest BCUT2D eigenvalue weighted by molar-refractivity contribution is 1.07. The van der Waals surface area contributed by atoms with Crippen LogP contribution in [0, 0.1) is 0 Å². The first-order valence-electron chi connectivity index (χ1n) is 32.1. The van der Waals surface area contributed by atoms with Gasteiger partial charge in [-0.3, -0.25) is 0 Å². The molecule has 8 nitrogen and oxygen atoms in total. The monoisotopic (exact) mass is 1230 g/mol. The summed E-state index contributed by atoms with van der Waals surface area (Å²) in [5, 5.41) is 4.91. The van der Waals surface area contributed by atoms with Gasteiger partial charge >= 0.3 is 0 Å². The number of nitrogens with zero attached hydrogens (tertiary/aromatic N) is 8. The first kappa shape index (κ1) is 54.4. The summed E-state index contributed by atoms with van der Waals surface area (Å²) in [6, 6.07) is 115. The topological polar surface area (TPSA) is 75.9 Å². The van der Waals surface area contributed by atoms with Crippen molar-refractivity contribution in [2.45, 2.75) is 0 Å². The molecule has 95 heavy (non-hydrogen) atoms. The Hall–Kier alpha value is -12.4. The van der Waals surface area contributed by atoms with Gasteiger partial charge < -0.3 is 14.4 Å². The molecule has 442 valence electrons. The van der Waals surface area contributed by atoms with Crippen molar-refractivity contribution in [3.63, 3.8) is 0 Å². The first-order chi connectivity index (χ1) is 47.1. The lowest BCUT2D eigenvalue weighted by atomic mass is 9.33. The van der Waals surface area contributed by atoms with Crippen molar-refractivity contribution in [3.8, 4) is 84.9 Å². The Labute approximate surface area is 552 Å².